The second-order valence-corrected chi connectivity index (χ2v) is 2.25. The molecule has 0 radical (unpaired) electrons. The van der Waals surface area contributed by atoms with E-state index in [0.717, 1.165) is 0 Å². The first kappa shape index (κ1) is 11.6. The quantitative estimate of drug-likeness (QED) is 0.453. The van der Waals surface area contributed by atoms with Crippen molar-refractivity contribution >= 4 is 12.4 Å². The van der Waals surface area contributed by atoms with Crippen LogP contribution in [0.2, 0.25) is 0 Å². The molecule has 1 N–H and O–H groups in total. The molecule has 1 aliphatic rings. The fourth-order valence-corrected chi connectivity index (χ4v) is 0.913. The van der Waals surface area contributed by atoms with Crippen LogP contribution >= 0.6 is 0 Å². The van der Waals surface area contributed by atoms with Crippen LogP contribution in [-0.4, -0.2) is 48.7 Å². The lowest BCUT2D eigenvalue weighted by atomic mass is 10.4. The molecular formula is C8H13NO4. The van der Waals surface area contributed by atoms with E-state index in [-0.39, 0.29) is 12.4 Å². The Hall–Kier alpha value is -1.36. The van der Waals surface area contributed by atoms with Crippen LogP contribution in [0.25, 0.3) is 0 Å². The molecule has 13 heavy (non-hydrogen) atoms. The van der Waals surface area contributed by atoms with Crippen molar-refractivity contribution in [1.29, 1.82) is 0 Å². The van der Waals surface area contributed by atoms with Gasteiger partial charge >= 0.3 is 0 Å². The second-order valence-electron chi connectivity index (χ2n) is 2.25. The van der Waals surface area contributed by atoms with E-state index < -0.39 is 0 Å². The fraction of sp³-hybridized carbons (Fsp3) is 0.500. The van der Waals surface area contributed by atoms with Gasteiger partial charge in [0.05, 0.1) is 13.2 Å². The van der Waals surface area contributed by atoms with Crippen molar-refractivity contribution in [1.82, 2.24) is 4.90 Å². The molecule has 5 nitrogen and oxygen atoms in total. The predicted octanol–water partition coefficient (Wildman–Crippen LogP) is -0.268. The minimum atomic E-state index is -0.250. The highest BCUT2D eigenvalue weighted by molar-refractivity contribution is 5.87. The number of morpholine rings is 1. The molecule has 1 aliphatic heterocycles. The van der Waals surface area contributed by atoms with Gasteiger partial charge in [-0.05, 0) is 6.08 Å². The van der Waals surface area contributed by atoms with Crippen molar-refractivity contribution in [2.75, 3.05) is 26.3 Å². The van der Waals surface area contributed by atoms with Gasteiger partial charge in [0.15, 0.2) is 0 Å². The van der Waals surface area contributed by atoms with Gasteiger partial charge < -0.3 is 14.7 Å². The number of carboxylic acid groups (broad SMARTS) is 1. The van der Waals surface area contributed by atoms with Crippen LogP contribution in [0.4, 0.5) is 0 Å². The van der Waals surface area contributed by atoms with E-state index in [1.165, 1.54) is 6.08 Å². The zero-order chi connectivity index (χ0) is 10.1. The van der Waals surface area contributed by atoms with Crippen LogP contribution in [0.1, 0.15) is 0 Å². The van der Waals surface area contributed by atoms with Crippen molar-refractivity contribution in [3.05, 3.63) is 12.7 Å². The SMILES string of the molecule is C=CC(=O)N1CCOCC1.O=CO. The first-order valence-corrected chi connectivity index (χ1v) is 3.83. The van der Waals surface area contributed by atoms with Crippen LogP contribution in [0.3, 0.4) is 0 Å². The number of carbonyl (C=O) groups is 2. The fourth-order valence-electron chi connectivity index (χ4n) is 0.913. The smallest absolute Gasteiger partial charge is 0.290 e. The number of amides is 1. The van der Waals surface area contributed by atoms with E-state index >= 15 is 0 Å². The largest absolute Gasteiger partial charge is 0.483 e. The third-order valence-corrected chi connectivity index (χ3v) is 1.50. The second kappa shape index (κ2) is 7.30. The molecule has 0 saturated carbocycles. The van der Waals surface area contributed by atoms with Gasteiger partial charge in [0.25, 0.3) is 6.47 Å². The summed E-state index contributed by atoms with van der Waals surface area (Å²) in [6.45, 7) is 5.86. The molecule has 0 aromatic rings. The highest BCUT2D eigenvalue weighted by Gasteiger charge is 2.12. The third-order valence-electron chi connectivity index (χ3n) is 1.50. The number of hydrogen-bond acceptors (Lipinski definition) is 3. The molecule has 1 amide bonds. The molecule has 1 heterocycles. The lowest BCUT2D eigenvalue weighted by molar-refractivity contribution is -0.130. The van der Waals surface area contributed by atoms with Gasteiger partial charge in [-0.3, -0.25) is 9.59 Å². The molecule has 5 heteroatoms. The summed E-state index contributed by atoms with van der Waals surface area (Å²) >= 11 is 0. The van der Waals surface area contributed by atoms with E-state index in [1.54, 1.807) is 4.90 Å². The van der Waals surface area contributed by atoms with Crippen LogP contribution < -0.4 is 0 Å². The summed E-state index contributed by atoms with van der Waals surface area (Å²) < 4.78 is 5.07. The highest BCUT2D eigenvalue weighted by atomic mass is 16.5. The zero-order valence-corrected chi connectivity index (χ0v) is 7.31. The van der Waals surface area contributed by atoms with Crippen LogP contribution in [-0.2, 0) is 14.3 Å². The first-order valence-electron chi connectivity index (χ1n) is 3.83. The average Bonchev–Trinajstić information content (AvgIpc) is 2.19. The maximum Gasteiger partial charge on any atom is 0.290 e. The van der Waals surface area contributed by atoms with Gasteiger partial charge in [-0.2, -0.15) is 0 Å². The Morgan fingerprint density at radius 2 is 1.92 bits per heavy atom. The molecule has 74 valence electrons. The Bertz CT molecular complexity index is 175. The summed E-state index contributed by atoms with van der Waals surface area (Å²) in [7, 11) is 0. The number of ether oxygens (including phenoxy) is 1. The Labute approximate surface area is 76.6 Å². The lowest BCUT2D eigenvalue weighted by Gasteiger charge is -2.25. The normalized spacial score (nSPS) is 15.2. The Morgan fingerprint density at radius 3 is 2.31 bits per heavy atom. The highest BCUT2D eigenvalue weighted by Crippen LogP contribution is 1.96. The van der Waals surface area contributed by atoms with Gasteiger partial charge in [0, 0.05) is 13.1 Å². The van der Waals surface area contributed by atoms with Gasteiger partial charge in [-0.1, -0.05) is 6.58 Å². The summed E-state index contributed by atoms with van der Waals surface area (Å²) in [6.07, 6.45) is 1.34. The number of hydrogen-bond donors (Lipinski definition) is 1. The molecule has 1 rings (SSSR count). The zero-order valence-electron chi connectivity index (χ0n) is 7.31. The summed E-state index contributed by atoms with van der Waals surface area (Å²) in [5.74, 6) is 0.00306. The van der Waals surface area contributed by atoms with Crippen LogP contribution in [0.5, 0.6) is 0 Å². The molecule has 0 aliphatic carbocycles. The van der Waals surface area contributed by atoms with Crippen molar-refractivity contribution in [2.45, 2.75) is 0 Å². The van der Waals surface area contributed by atoms with Crippen molar-refractivity contribution in [2.24, 2.45) is 0 Å². The molecule has 0 atom stereocenters. The minimum Gasteiger partial charge on any atom is -0.483 e. The molecule has 0 aromatic heterocycles. The predicted molar refractivity (Wildman–Crippen MR) is 46.3 cm³/mol. The third kappa shape index (κ3) is 4.97. The monoisotopic (exact) mass is 187 g/mol. The number of rotatable bonds is 1. The van der Waals surface area contributed by atoms with E-state index in [2.05, 4.69) is 6.58 Å². The standard InChI is InChI=1S/C7H11NO2.CH2O2/c1-2-7(9)8-3-5-10-6-4-8;2-1-3/h2H,1,3-6H2;1H,(H,2,3). The van der Waals surface area contributed by atoms with Gasteiger partial charge in [0.2, 0.25) is 5.91 Å². The number of carbonyl (C=O) groups excluding carboxylic acids is 1. The van der Waals surface area contributed by atoms with Crippen LogP contribution in [0.15, 0.2) is 12.7 Å². The molecule has 1 fully saturated rings. The molecule has 0 bridgehead atoms. The average molecular weight is 187 g/mol. The van der Waals surface area contributed by atoms with Gasteiger partial charge in [-0.15, -0.1) is 0 Å². The van der Waals surface area contributed by atoms with Crippen LogP contribution in [0, 0.1) is 0 Å². The van der Waals surface area contributed by atoms with Crippen molar-refractivity contribution < 1.29 is 19.4 Å². The molecule has 0 unspecified atom stereocenters. The summed E-state index contributed by atoms with van der Waals surface area (Å²) in [4.78, 5) is 21.0. The first-order chi connectivity index (χ1) is 6.26. The van der Waals surface area contributed by atoms with E-state index in [4.69, 9.17) is 14.6 Å². The Kier molecular flexibility index (Phi) is 6.53. The van der Waals surface area contributed by atoms with Gasteiger partial charge in [0.1, 0.15) is 0 Å². The topological polar surface area (TPSA) is 66.8 Å². The Balaban J connectivity index is 0.000000424. The van der Waals surface area contributed by atoms with E-state index in [9.17, 15) is 4.79 Å². The summed E-state index contributed by atoms with van der Waals surface area (Å²) in [5, 5.41) is 6.89. The van der Waals surface area contributed by atoms with Crippen molar-refractivity contribution in [3.8, 4) is 0 Å². The molecular weight excluding hydrogens is 174 g/mol. The maximum absolute atomic E-state index is 10.9. The van der Waals surface area contributed by atoms with Crippen molar-refractivity contribution in [3.63, 3.8) is 0 Å². The minimum absolute atomic E-state index is 0.00306. The number of nitrogens with zero attached hydrogens (tertiary/aromatic N) is 1. The summed E-state index contributed by atoms with van der Waals surface area (Å²) in [6, 6.07) is 0. The van der Waals surface area contributed by atoms with E-state index in [0.29, 0.717) is 26.3 Å². The van der Waals surface area contributed by atoms with Gasteiger partial charge in [-0.25, -0.2) is 0 Å². The van der Waals surface area contributed by atoms with E-state index in [1.807, 2.05) is 0 Å². The summed E-state index contributed by atoms with van der Waals surface area (Å²) in [5.41, 5.74) is 0. The maximum atomic E-state index is 10.9. The molecule has 0 spiro atoms. The molecule has 1 saturated heterocycles. The Morgan fingerprint density at radius 1 is 1.46 bits per heavy atom. The molecule has 0 aromatic carbocycles. The lowest BCUT2D eigenvalue weighted by Crippen LogP contribution is -2.39.